The maximum atomic E-state index is 12.3. The topological polar surface area (TPSA) is 97.8 Å². The van der Waals surface area contributed by atoms with Gasteiger partial charge < -0.3 is 19.9 Å². The lowest BCUT2D eigenvalue weighted by molar-refractivity contribution is -0.154. The van der Waals surface area contributed by atoms with Crippen LogP contribution in [0.3, 0.4) is 0 Å². The lowest BCUT2D eigenvalue weighted by Crippen LogP contribution is -2.34. The Hall–Kier alpha value is -3.30. The zero-order chi connectivity index (χ0) is 20.0. The minimum absolute atomic E-state index is 0.00189. The van der Waals surface area contributed by atoms with Crippen LogP contribution in [0.2, 0.25) is 0 Å². The molecule has 2 rings (SSSR count). The highest BCUT2D eigenvalue weighted by atomic mass is 19.4. The van der Waals surface area contributed by atoms with Gasteiger partial charge in [-0.1, -0.05) is 12.1 Å². The highest BCUT2D eigenvalue weighted by Crippen LogP contribution is 2.20. The van der Waals surface area contributed by atoms with Crippen LogP contribution in [0, 0.1) is 0 Å². The summed E-state index contributed by atoms with van der Waals surface area (Å²) in [7, 11) is 1.15. The number of amides is 1. The minimum atomic E-state index is -4.50. The Morgan fingerprint density at radius 3 is 2.37 bits per heavy atom. The molecule has 1 atom stereocenters. The summed E-state index contributed by atoms with van der Waals surface area (Å²) in [4.78, 5) is 27.9. The molecule has 0 spiro atoms. The Morgan fingerprint density at radius 2 is 1.85 bits per heavy atom. The summed E-state index contributed by atoms with van der Waals surface area (Å²) in [6, 6.07) is 6.71. The summed E-state index contributed by atoms with van der Waals surface area (Å²) < 4.78 is 45.4. The van der Waals surface area contributed by atoms with Gasteiger partial charge in [0.15, 0.2) is 12.6 Å². The van der Waals surface area contributed by atoms with Gasteiger partial charge in [-0.05, 0) is 23.8 Å². The van der Waals surface area contributed by atoms with E-state index in [0.29, 0.717) is 5.56 Å². The number of benzene rings is 1. The summed E-state index contributed by atoms with van der Waals surface area (Å²) in [5, 5.41) is 11.8. The zero-order valence-electron chi connectivity index (χ0n) is 14.0. The lowest BCUT2D eigenvalue weighted by atomic mass is 10.1. The second kappa shape index (κ2) is 8.39. The van der Waals surface area contributed by atoms with Gasteiger partial charge in [0.05, 0.1) is 12.7 Å². The monoisotopic (exact) mass is 384 g/mol. The van der Waals surface area contributed by atoms with Crippen molar-refractivity contribution in [3.05, 3.63) is 53.7 Å². The van der Waals surface area contributed by atoms with Crippen LogP contribution in [-0.4, -0.2) is 41.9 Å². The van der Waals surface area contributed by atoms with Crippen molar-refractivity contribution in [1.29, 1.82) is 0 Å². The standard InChI is InChI=1S/C17H15F3N2O5/c1-26-16(25)14(10-2-5-12(23)6-3-10)22-15(24)11-4-7-13(21-8-11)27-9-17(18,19)20/h2-8,14,23H,9H2,1H3,(H,22,24). The molecule has 1 heterocycles. The number of nitrogens with one attached hydrogen (secondary N) is 1. The molecular weight excluding hydrogens is 369 g/mol. The molecule has 1 aromatic carbocycles. The van der Waals surface area contributed by atoms with Gasteiger partial charge in [-0.2, -0.15) is 13.2 Å². The van der Waals surface area contributed by atoms with E-state index in [1.807, 2.05) is 0 Å². The number of methoxy groups -OCH3 is 1. The number of halogens is 3. The molecule has 0 aliphatic carbocycles. The summed E-state index contributed by atoms with van der Waals surface area (Å²) in [5.41, 5.74) is 0.369. The van der Waals surface area contributed by atoms with Gasteiger partial charge in [-0.25, -0.2) is 9.78 Å². The minimum Gasteiger partial charge on any atom is -0.508 e. The second-order valence-electron chi connectivity index (χ2n) is 5.31. The number of esters is 1. The van der Waals surface area contributed by atoms with Crippen molar-refractivity contribution >= 4 is 11.9 Å². The quantitative estimate of drug-likeness (QED) is 0.742. The lowest BCUT2D eigenvalue weighted by Gasteiger charge is -2.17. The molecule has 0 radical (unpaired) electrons. The molecule has 144 valence electrons. The fourth-order valence-electron chi connectivity index (χ4n) is 2.03. The van der Waals surface area contributed by atoms with Crippen molar-refractivity contribution in [1.82, 2.24) is 10.3 Å². The number of alkyl halides is 3. The van der Waals surface area contributed by atoms with Crippen LogP contribution in [0.15, 0.2) is 42.6 Å². The zero-order valence-corrected chi connectivity index (χ0v) is 14.0. The van der Waals surface area contributed by atoms with Crippen LogP contribution in [0.4, 0.5) is 13.2 Å². The van der Waals surface area contributed by atoms with E-state index in [9.17, 15) is 27.9 Å². The van der Waals surface area contributed by atoms with Crippen molar-refractivity contribution in [2.45, 2.75) is 12.2 Å². The Kier molecular flexibility index (Phi) is 6.22. The first-order valence-corrected chi connectivity index (χ1v) is 7.53. The van der Waals surface area contributed by atoms with Crippen LogP contribution in [0.1, 0.15) is 22.0 Å². The Balaban J connectivity index is 2.10. The Morgan fingerprint density at radius 1 is 1.19 bits per heavy atom. The van der Waals surface area contributed by atoms with Crippen LogP contribution in [-0.2, 0) is 9.53 Å². The molecule has 10 heteroatoms. The molecule has 1 unspecified atom stereocenters. The van der Waals surface area contributed by atoms with E-state index >= 15 is 0 Å². The van der Waals surface area contributed by atoms with Crippen LogP contribution >= 0.6 is 0 Å². The molecule has 0 bridgehead atoms. The van der Waals surface area contributed by atoms with Crippen molar-refractivity contribution in [2.24, 2.45) is 0 Å². The average molecular weight is 384 g/mol. The second-order valence-corrected chi connectivity index (χ2v) is 5.31. The molecule has 0 aliphatic rings. The highest BCUT2D eigenvalue weighted by Gasteiger charge is 2.29. The smallest absolute Gasteiger partial charge is 0.422 e. The van der Waals surface area contributed by atoms with Crippen molar-refractivity contribution in [3.63, 3.8) is 0 Å². The average Bonchev–Trinajstić information content (AvgIpc) is 2.64. The number of hydrogen-bond donors (Lipinski definition) is 2. The predicted molar refractivity (Wildman–Crippen MR) is 86.1 cm³/mol. The number of carbonyl (C=O) groups excluding carboxylic acids is 2. The Bertz CT molecular complexity index is 792. The first kappa shape index (κ1) is 20.0. The van der Waals surface area contributed by atoms with Gasteiger partial charge in [0.1, 0.15) is 5.75 Å². The van der Waals surface area contributed by atoms with Gasteiger partial charge in [0, 0.05) is 12.3 Å². The molecule has 7 nitrogen and oxygen atoms in total. The first-order chi connectivity index (χ1) is 12.7. The molecule has 1 aromatic heterocycles. The van der Waals surface area contributed by atoms with E-state index in [1.165, 1.54) is 30.3 Å². The number of aromatic nitrogens is 1. The first-order valence-electron chi connectivity index (χ1n) is 7.53. The van der Waals surface area contributed by atoms with Gasteiger partial charge in [-0.15, -0.1) is 0 Å². The molecule has 27 heavy (non-hydrogen) atoms. The predicted octanol–water partition coefficient (Wildman–Crippen LogP) is 2.37. The van der Waals surface area contributed by atoms with Crippen LogP contribution < -0.4 is 10.1 Å². The maximum Gasteiger partial charge on any atom is 0.422 e. The number of rotatable bonds is 6. The summed E-state index contributed by atoms with van der Waals surface area (Å²) in [5.74, 6) is -1.76. The summed E-state index contributed by atoms with van der Waals surface area (Å²) in [6.07, 6.45) is -3.48. The third kappa shape index (κ3) is 5.87. The molecule has 2 aromatic rings. The van der Waals surface area contributed by atoms with Gasteiger partial charge >= 0.3 is 12.1 Å². The maximum absolute atomic E-state index is 12.3. The van der Waals surface area contributed by atoms with E-state index in [4.69, 9.17) is 0 Å². The molecule has 0 saturated heterocycles. The number of phenols is 1. The SMILES string of the molecule is COC(=O)C(NC(=O)c1ccc(OCC(F)(F)F)nc1)c1ccc(O)cc1. The van der Waals surface area contributed by atoms with Gasteiger partial charge in [-0.3, -0.25) is 4.79 Å². The third-order valence-electron chi connectivity index (χ3n) is 3.32. The van der Waals surface area contributed by atoms with Crippen LogP contribution in [0.5, 0.6) is 11.6 Å². The van der Waals surface area contributed by atoms with Crippen molar-refractivity contribution in [3.8, 4) is 11.6 Å². The van der Waals surface area contributed by atoms with Gasteiger partial charge in [0.2, 0.25) is 5.88 Å². The Labute approximate surface area is 151 Å². The molecule has 0 saturated carbocycles. The molecule has 0 aliphatic heterocycles. The van der Waals surface area contributed by atoms with E-state index in [-0.39, 0.29) is 17.2 Å². The number of phenolic OH excluding ortho intramolecular Hbond substituents is 1. The number of ether oxygens (including phenoxy) is 2. The van der Waals surface area contributed by atoms with Crippen molar-refractivity contribution < 1.29 is 37.3 Å². The van der Waals surface area contributed by atoms with E-state index in [0.717, 1.165) is 19.4 Å². The summed E-state index contributed by atoms with van der Waals surface area (Å²) in [6.45, 7) is -1.50. The number of hydrogen-bond acceptors (Lipinski definition) is 6. The molecule has 2 N–H and O–H groups in total. The molecule has 1 amide bonds. The number of carbonyl (C=O) groups is 2. The largest absolute Gasteiger partial charge is 0.508 e. The van der Waals surface area contributed by atoms with E-state index in [1.54, 1.807) is 0 Å². The highest BCUT2D eigenvalue weighted by molar-refractivity contribution is 5.96. The van der Waals surface area contributed by atoms with Gasteiger partial charge in [0.25, 0.3) is 5.91 Å². The fraction of sp³-hybridized carbons (Fsp3) is 0.235. The number of pyridine rings is 1. The van der Waals surface area contributed by atoms with E-state index in [2.05, 4.69) is 19.8 Å². The van der Waals surface area contributed by atoms with Crippen LogP contribution in [0.25, 0.3) is 0 Å². The molecule has 0 fully saturated rings. The summed E-state index contributed by atoms with van der Waals surface area (Å²) >= 11 is 0. The number of aromatic hydroxyl groups is 1. The molecular formula is C17H15F3N2O5. The normalized spacial score (nSPS) is 12.1. The van der Waals surface area contributed by atoms with Crippen molar-refractivity contribution in [2.75, 3.05) is 13.7 Å². The van der Waals surface area contributed by atoms with E-state index < -0.39 is 30.7 Å². The third-order valence-corrected chi connectivity index (χ3v) is 3.32. The fourth-order valence-corrected chi connectivity index (χ4v) is 2.03. The number of nitrogens with zero attached hydrogens (tertiary/aromatic N) is 1.